The molecule has 2 aromatic carbocycles. The monoisotopic (exact) mass is 633 g/mol. The average molecular weight is 634 g/mol. The van der Waals surface area contributed by atoms with E-state index in [-0.39, 0.29) is 31.1 Å². The number of nitrogens with one attached hydrogen (secondary N) is 1. The van der Waals surface area contributed by atoms with Gasteiger partial charge in [0.1, 0.15) is 29.4 Å². The highest BCUT2D eigenvalue weighted by Crippen LogP contribution is 2.43. The van der Waals surface area contributed by atoms with Crippen LogP contribution in [0.4, 0.5) is 10.1 Å². The second-order valence-corrected chi connectivity index (χ2v) is 12.7. The van der Waals surface area contributed by atoms with Crippen molar-refractivity contribution >= 4 is 22.8 Å². The maximum Gasteiger partial charge on any atom is 0.265 e. The van der Waals surface area contributed by atoms with Gasteiger partial charge in [0.05, 0.1) is 24.4 Å². The third-order valence-corrected chi connectivity index (χ3v) is 9.51. The van der Waals surface area contributed by atoms with E-state index < -0.39 is 11.7 Å². The maximum atomic E-state index is 15.4. The minimum Gasteiger partial charge on any atom is -0.491 e. The van der Waals surface area contributed by atoms with Gasteiger partial charge in [-0.3, -0.25) is 14.7 Å². The van der Waals surface area contributed by atoms with Crippen molar-refractivity contribution in [3.8, 4) is 28.4 Å². The van der Waals surface area contributed by atoms with Crippen LogP contribution in [-0.4, -0.2) is 87.1 Å². The van der Waals surface area contributed by atoms with Crippen molar-refractivity contribution in [2.24, 2.45) is 0 Å². The number of imidazole rings is 1. The zero-order chi connectivity index (χ0) is 32.1. The molecule has 2 fully saturated rings. The van der Waals surface area contributed by atoms with Crippen molar-refractivity contribution in [2.45, 2.75) is 31.9 Å². The molecule has 1 aliphatic carbocycles. The molecule has 5 aromatic rings. The molecule has 10 nitrogen and oxygen atoms in total. The van der Waals surface area contributed by atoms with Gasteiger partial charge < -0.3 is 24.6 Å². The second kappa shape index (κ2) is 12.1. The number of hydrogen-bond acceptors (Lipinski definition) is 8. The topological polar surface area (TPSA) is 111 Å². The molecule has 0 bridgehead atoms. The molecule has 5 heterocycles. The first-order valence-electron chi connectivity index (χ1n) is 16.2. The van der Waals surface area contributed by atoms with Crippen LogP contribution in [0.1, 0.15) is 45.8 Å². The molecule has 1 amide bonds. The Morgan fingerprint density at radius 2 is 1.87 bits per heavy atom. The summed E-state index contributed by atoms with van der Waals surface area (Å²) in [5.41, 5.74) is 6.37. The van der Waals surface area contributed by atoms with Crippen LogP contribution in [0.3, 0.4) is 0 Å². The Bertz CT molecular complexity index is 1970. The molecule has 2 N–H and O–H groups in total. The summed E-state index contributed by atoms with van der Waals surface area (Å²) in [6.45, 7) is 5.14. The van der Waals surface area contributed by atoms with Crippen LogP contribution in [0.25, 0.3) is 33.8 Å². The Labute approximate surface area is 271 Å². The van der Waals surface area contributed by atoms with E-state index in [0.717, 1.165) is 62.3 Å². The van der Waals surface area contributed by atoms with Gasteiger partial charge in [0, 0.05) is 56.2 Å². The lowest BCUT2D eigenvalue weighted by Crippen LogP contribution is -2.43. The lowest BCUT2D eigenvalue weighted by molar-refractivity contribution is 0.0985. The van der Waals surface area contributed by atoms with E-state index in [4.69, 9.17) is 14.7 Å². The molecule has 3 aromatic heterocycles. The first-order valence-corrected chi connectivity index (χ1v) is 16.2. The third-order valence-electron chi connectivity index (χ3n) is 9.51. The summed E-state index contributed by atoms with van der Waals surface area (Å²) in [6.07, 6.45) is 5.62. The van der Waals surface area contributed by atoms with E-state index in [0.29, 0.717) is 45.4 Å². The number of pyridine rings is 2. The van der Waals surface area contributed by atoms with Crippen molar-refractivity contribution in [2.75, 3.05) is 51.3 Å². The number of aromatic amines is 1. The first kappa shape index (κ1) is 29.7. The van der Waals surface area contributed by atoms with Gasteiger partial charge in [-0.1, -0.05) is 18.2 Å². The smallest absolute Gasteiger partial charge is 0.265 e. The molecule has 47 heavy (non-hydrogen) atoms. The highest BCUT2D eigenvalue weighted by molar-refractivity contribution is 6.09. The molecule has 1 saturated carbocycles. The fraction of sp³-hybridized carbons (Fsp3) is 0.333. The van der Waals surface area contributed by atoms with Crippen molar-refractivity contribution in [3.63, 3.8) is 0 Å². The number of aromatic nitrogens is 4. The van der Waals surface area contributed by atoms with Crippen LogP contribution in [0.15, 0.2) is 60.9 Å². The van der Waals surface area contributed by atoms with Gasteiger partial charge in [-0.05, 0) is 72.8 Å². The Morgan fingerprint density at radius 3 is 2.64 bits per heavy atom. The SMILES string of the molecule is CN1CCN(Cc2ccc(-c3nc4nccc(-c5cccc(N6CCOc7cc(C8CC8)cc(F)c7C6=O)c5CO)c4[nH]3)nc2)CC1. The fourth-order valence-electron chi connectivity index (χ4n) is 6.71. The lowest BCUT2D eigenvalue weighted by Gasteiger charge is -2.32. The lowest BCUT2D eigenvalue weighted by atomic mass is 9.97. The zero-order valence-electron chi connectivity index (χ0n) is 26.2. The summed E-state index contributed by atoms with van der Waals surface area (Å²) in [6, 6.07) is 14.7. The molecule has 240 valence electrons. The van der Waals surface area contributed by atoms with Gasteiger partial charge in [0.15, 0.2) is 11.5 Å². The number of piperazine rings is 1. The highest BCUT2D eigenvalue weighted by atomic mass is 19.1. The number of aliphatic hydroxyl groups is 1. The number of amides is 1. The molecule has 11 heteroatoms. The average Bonchev–Trinajstić information content (AvgIpc) is 3.87. The number of hydrogen-bond donors (Lipinski definition) is 2. The standard InChI is InChI=1S/C36H36FN7O3/c1-42-11-13-43(14-12-42)20-22-5-8-29(39-19-22)34-40-33-26(9-10-38-35(33)41-34)25-3-2-4-30(27(25)21-45)44-15-16-47-31-18-24(23-6-7-23)17-28(37)32(31)36(44)46/h2-5,8-10,17-19,23,45H,6-7,11-16,20-21H2,1H3,(H,38,40,41). The van der Waals surface area contributed by atoms with Gasteiger partial charge in [0.2, 0.25) is 0 Å². The number of fused-ring (bicyclic) bond motifs is 2. The number of rotatable bonds is 7. The number of ether oxygens (including phenoxy) is 1. The minimum absolute atomic E-state index is 0.0762. The van der Waals surface area contributed by atoms with Crippen LogP contribution in [0.5, 0.6) is 5.75 Å². The van der Waals surface area contributed by atoms with Crippen molar-refractivity contribution in [3.05, 3.63) is 89.0 Å². The summed E-state index contributed by atoms with van der Waals surface area (Å²) < 4.78 is 21.3. The quantitative estimate of drug-likeness (QED) is 0.258. The van der Waals surface area contributed by atoms with Crippen LogP contribution in [-0.2, 0) is 13.2 Å². The molecule has 3 aliphatic rings. The second-order valence-electron chi connectivity index (χ2n) is 12.7. The number of halogens is 1. The molecular formula is C36H36FN7O3. The highest BCUT2D eigenvalue weighted by Gasteiger charge is 2.33. The molecule has 1 saturated heterocycles. The van der Waals surface area contributed by atoms with E-state index in [9.17, 15) is 9.90 Å². The predicted octanol–water partition coefficient (Wildman–Crippen LogP) is 4.98. The Kier molecular flexibility index (Phi) is 7.67. The predicted molar refractivity (Wildman–Crippen MR) is 177 cm³/mol. The molecular weight excluding hydrogens is 597 g/mol. The van der Waals surface area contributed by atoms with Gasteiger partial charge >= 0.3 is 0 Å². The number of benzene rings is 2. The van der Waals surface area contributed by atoms with Gasteiger partial charge in [-0.2, -0.15) is 0 Å². The summed E-state index contributed by atoms with van der Waals surface area (Å²) >= 11 is 0. The molecule has 0 atom stereocenters. The fourth-order valence-corrected chi connectivity index (χ4v) is 6.71. The van der Waals surface area contributed by atoms with Crippen molar-refractivity contribution in [1.29, 1.82) is 0 Å². The molecule has 0 unspecified atom stereocenters. The van der Waals surface area contributed by atoms with Crippen LogP contribution >= 0.6 is 0 Å². The number of aliphatic hydroxyl groups excluding tert-OH is 1. The van der Waals surface area contributed by atoms with Crippen LogP contribution < -0.4 is 9.64 Å². The minimum atomic E-state index is -0.579. The van der Waals surface area contributed by atoms with Crippen molar-refractivity contribution < 1.29 is 19.0 Å². The number of carbonyl (C=O) groups excluding carboxylic acids is 1. The summed E-state index contributed by atoms with van der Waals surface area (Å²) in [5, 5.41) is 10.7. The Balaban J connectivity index is 1.11. The first-order chi connectivity index (χ1) is 23.0. The summed E-state index contributed by atoms with van der Waals surface area (Å²) in [5.74, 6) is 0.126. The number of carbonyl (C=O) groups is 1. The molecule has 0 radical (unpaired) electrons. The Hall–Kier alpha value is -4.71. The molecule has 8 rings (SSSR count). The summed E-state index contributed by atoms with van der Waals surface area (Å²) in [4.78, 5) is 37.5. The molecule has 2 aliphatic heterocycles. The van der Waals surface area contributed by atoms with Crippen LogP contribution in [0.2, 0.25) is 0 Å². The number of nitrogens with zero attached hydrogens (tertiary/aromatic N) is 6. The van der Waals surface area contributed by atoms with E-state index in [2.05, 4.69) is 32.9 Å². The largest absolute Gasteiger partial charge is 0.491 e. The number of H-pyrrole nitrogens is 1. The van der Waals surface area contributed by atoms with Gasteiger partial charge in [-0.15, -0.1) is 0 Å². The maximum absolute atomic E-state index is 15.4. The van der Waals surface area contributed by atoms with E-state index in [1.807, 2.05) is 30.5 Å². The third kappa shape index (κ3) is 5.64. The normalized spacial score (nSPS) is 17.5. The summed E-state index contributed by atoms with van der Waals surface area (Å²) in [7, 11) is 2.15. The van der Waals surface area contributed by atoms with Gasteiger partial charge in [-0.25, -0.2) is 14.4 Å². The Morgan fingerprint density at radius 1 is 1.02 bits per heavy atom. The van der Waals surface area contributed by atoms with Gasteiger partial charge in [0.25, 0.3) is 5.91 Å². The van der Waals surface area contributed by atoms with E-state index in [1.165, 1.54) is 11.0 Å². The van der Waals surface area contributed by atoms with Crippen LogP contribution in [0, 0.1) is 5.82 Å². The zero-order valence-corrected chi connectivity index (χ0v) is 26.2. The van der Waals surface area contributed by atoms with Crippen molar-refractivity contribution in [1.82, 2.24) is 29.7 Å². The van der Waals surface area contributed by atoms with E-state index >= 15 is 4.39 Å². The van der Waals surface area contributed by atoms with E-state index in [1.54, 1.807) is 18.3 Å². The number of anilines is 1. The molecule has 0 spiro atoms. The number of likely N-dealkylation sites (N-methyl/N-ethyl adjacent to an activating group) is 1.